The summed E-state index contributed by atoms with van der Waals surface area (Å²) in [5.74, 6) is 0.420. The molecule has 0 aliphatic carbocycles. The van der Waals surface area contributed by atoms with Crippen molar-refractivity contribution >= 4 is 25.8 Å². The van der Waals surface area contributed by atoms with E-state index in [0.717, 1.165) is 10.0 Å². The number of nitrogens with one attached hydrogen (secondary N) is 1. The number of hydrogen-bond donors (Lipinski definition) is 1. The zero-order chi connectivity index (χ0) is 12.0. The van der Waals surface area contributed by atoms with Gasteiger partial charge < -0.3 is 5.32 Å². The highest BCUT2D eigenvalue weighted by Crippen LogP contribution is 2.11. The lowest BCUT2D eigenvalue weighted by molar-refractivity contribution is 0.592. The molecule has 1 rings (SSSR count). The van der Waals surface area contributed by atoms with E-state index in [-0.39, 0.29) is 11.5 Å². The first kappa shape index (κ1) is 13.7. The molecule has 1 N–H and O–H groups in total. The van der Waals surface area contributed by atoms with E-state index in [4.69, 9.17) is 0 Å². The maximum Gasteiger partial charge on any atom is 0.151 e. The number of hydrogen-bond acceptors (Lipinski definition) is 3. The van der Waals surface area contributed by atoms with Crippen molar-refractivity contribution in [1.29, 1.82) is 0 Å². The Labute approximate surface area is 105 Å². The number of benzene rings is 1. The van der Waals surface area contributed by atoms with Crippen molar-refractivity contribution in [1.82, 2.24) is 5.32 Å². The van der Waals surface area contributed by atoms with Crippen molar-refractivity contribution in [2.45, 2.75) is 13.5 Å². The smallest absolute Gasteiger partial charge is 0.151 e. The molecule has 0 aliphatic heterocycles. The predicted molar refractivity (Wildman–Crippen MR) is 70.2 cm³/mol. The van der Waals surface area contributed by atoms with Gasteiger partial charge in [0, 0.05) is 23.3 Å². The monoisotopic (exact) mass is 305 g/mol. The molecule has 90 valence electrons. The summed E-state index contributed by atoms with van der Waals surface area (Å²) in [6.45, 7) is 2.87. The Kier molecular flexibility index (Phi) is 5.44. The van der Waals surface area contributed by atoms with Crippen molar-refractivity contribution < 1.29 is 8.42 Å². The average molecular weight is 306 g/mol. The molecule has 1 aromatic rings. The van der Waals surface area contributed by atoms with Crippen LogP contribution in [0.15, 0.2) is 28.7 Å². The summed E-state index contributed by atoms with van der Waals surface area (Å²) in [5.41, 5.74) is 1.14. The lowest BCUT2D eigenvalue weighted by Gasteiger charge is -2.05. The summed E-state index contributed by atoms with van der Waals surface area (Å²) in [6, 6.07) is 7.95. The number of halogens is 1. The molecule has 5 heteroatoms. The van der Waals surface area contributed by atoms with Crippen LogP contribution in [-0.4, -0.2) is 26.5 Å². The van der Waals surface area contributed by atoms with E-state index in [1.807, 2.05) is 24.3 Å². The van der Waals surface area contributed by atoms with E-state index >= 15 is 0 Å². The van der Waals surface area contributed by atoms with Crippen molar-refractivity contribution in [3.8, 4) is 0 Å². The van der Waals surface area contributed by atoms with Gasteiger partial charge in [-0.25, -0.2) is 8.42 Å². The zero-order valence-electron chi connectivity index (χ0n) is 9.24. The van der Waals surface area contributed by atoms with Crippen LogP contribution in [0.5, 0.6) is 0 Å². The molecule has 0 saturated heterocycles. The second kappa shape index (κ2) is 6.37. The molecule has 16 heavy (non-hydrogen) atoms. The minimum atomic E-state index is -2.85. The van der Waals surface area contributed by atoms with Crippen molar-refractivity contribution in [3.05, 3.63) is 34.3 Å². The highest BCUT2D eigenvalue weighted by Gasteiger charge is 2.05. The lowest BCUT2D eigenvalue weighted by Crippen LogP contribution is -2.23. The fraction of sp³-hybridized carbons (Fsp3) is 0.455. The van der Waals surface area contributed by atoms with Gasteiger partial charge in [0.1, 0.15) is 0 Å². The number of rotatable bonds is 6. The first-order valence-electron chi connectivity index (χ1n) is 5.19. The van der Waals surface area contributed by atoms with E-state index < -0.39 is 9.84 Å². The Bertz CT molecular complexity index is 431. The molecule has 0 heterocycles. The third-order valence-electron chi connectivity index (χ3n) is 2.25. The fourth-order valence-corrected chi connectivity index (χ4v) is 2.44. The Morgan fingerprint density at radius 2 is 2.12 bits per heavy atom. The van der Waals surface area contributed by atoms with Crippen molar-refractivity contribution in [3.63, 3.8) is 0 Å². The highest BCUT2D eigenvalue weighted by molar-refractivity contribution is 9.10. The van der Waals surface area contributed by atoms with Crippen LogP contribution in [0.25, 0.3) is 0 Å². The topological polar surface area (TPSA) is 46.2 Å². The van der Waals surface area contributed by atoms with Gasteiger partial charge in [0.05, 0.1) is 5.75 Å². The van der Waals surface area contributed by atoms with Crippen LogP contribution in [0.3, 0.4) is 0 Å². The molecular formula is C11H16BrNO2S. The summed E-state index contributed by atoms with van der Waals surface area (Å²) < 4.78 is 23.5. The van der Waals surface area contributed by atoms with E-state index in [1.54, 1.807) is 6.92 Å². The van der Waals surface area contributed by atoms with E-state index in [2.05, 4.69) is 21.2 Å². The standard InChI is InChI=1S/C11H16BrNO2S/c1-2-16(14,15)7-6-13-9-10-4-3-5-11(12)8-10/h3-5,8,13H,2,6-7,9H2,1H3. The maximum atomic E-state index is 11.2. The van der Waals surface area contributed by atoms with Gasteiger partial charge in [-0.1, -0.05) is 35.0 Å². The largest absolute Gasteiger partial charge is 0.312 e. The number of sulfone groups is 1. The van der Waals surface area contributed by atoms with Crippen molar-refractivity contribution in [2.24, 2.45) is 0 Å². The van der Waals surface area contributed by atoms with Crippen LogP contribution in [0, 0.1) is 0 Å². The Balaban J connectivity index is 2.32. The molecule has 0 amide bonds. The third-order valence-corrected chi connectivity index (χ3v) is 4.45. The third kappa shape index (κ3) is 5.09. The van der Waals surface area contributed by atoms with Crippen LogP contribution in [0.2, 0.25) is 0 Å². The van der Waals surface area contributed by atoms with Gasteiger partial charge in [0.15, 0.2) is 9.84 Å². The van der Waals surface area contributed by atoms with Gasteiger partial charge in [-0.3, -0.25) is 0 Å². The van der Waals surface area contributed by atoms with Crippen LogP contribution in [0.1, 0.15) is 12.5 Å². The maximum absolute atomic E-state index is 11.2. The Morgan fingerprint density at radius 1 is 1.38 bits per heavy atom. The van der Waals surface area contributed by atoms with Crippen LogP contribution < -0.4 is 5.32 Å². The summed E-state index contributed by atoms with van der Waals surface area (Å²) >= 11 is 3.39. The van der Waals surface area contributed by atoms with E-state index in [9.17, 15) is 8.42 Å². The molecular weight excluding hydrogens is 290 g/mol. The lowest BCUT2D eigenvalue weighted by atomic mass is 10.2. The molecule has 0 bridgehead atoms. The average Bonchev–Trinajstić information content (AvgIpc) is 2.25. The van der Waals surface area contributed by atoms with E-state index in [0.29, 0.717) is 13.1 Å². The van der Waals surface area contributed by atoms with Gasteiger partial charge in [-0.05, 0) is 17.7 Å². The Morgan fingerprint density at radius 3 is 2.75 bits per heavy atom. The molecule has 0 spiro atoms. The van der Waals surface area contributed by atoms with Crippen LogP contribution >= 0.6 is 15.9 Å². The molecule has 0 radical (unpaired) electrons. The molecule has 1 aromatic carbocycles. The van der Waals surface area contributed by atoms with Crippen LogP contribution in [0.4, 0.5) is 0 Å². The predicted octanol–water partition coefficient (Wildman–Crippen LogP) is 1.97. The van der Waals surface area contributed by atoms with Crippen molar-refractivity contribution in [2.75, 3.05) is 18.1 Å². The molecule has 0 saturated carbocycles. The molecule has 0 aliphatic rings. The van der Waals surface area contributed by atoms with Gasteiger partial charge in [-0.2, -0.15) is 0 Å². The fourth-order valence-electron chi connectivity index (χ4n) is 1.25. The normalized spacial score (nSPS) is 11.6. The van der Waals surface area contributed by atoms with Crippen LogP contribution in [-0.2, 0) is 16.4 Å². The Hall–Kier alpha value is -0.390. The molecule has 0 fully saturated rings. The molecule has 3 nitrogen and oxygen atoms in total. The second-order valence-electron chi connectivity index (χ2n) is 3.54. The van der Waals surface area contributed by atoms with Gasteiger partial charge in [0.25, 0.3) is 0 Å². The SMILES string of the molecule is CCS(=O)(=O)CCNCc1cccc(Br)c1. The molecule has 0 unspecified atom stereocenters. The second-order valence-corrected chi connectivity index (χ2v) is 6.93. The van der Waals surface area contributed by atoms with Gasteiger partial charge in [0.2, 0.25) is 0 Å². The summed E-state index contributed by atoms with van der Waals surface area (Å²) in [5, 5.41) is 3.12. The minimum absolute atomic E-state index is 0.206. The summed E-state index contributed by atoms with van der Waals surface area (Å²) in [6.07, 6.45) is 0. The minimum Gasteiger partial charge on any atom is -0.312 e. The first-order valence-corrected chi connectivity index (χ1v) is 7.80. The summed E-state index contributed by atoms with van der Waals surface area (Å²) in [4.78, 5) is 0. The summed E-state index contributed by atoms with van der Waals surface area (Å²) in [7, 11) is -2.85. The first-order chi connectivity index (χ1) is 7.53. The van der Waals surface area contributed by atoms with E-state index in [1.165, 1.54) is 0 Å². The quantitative estimate of drug-likeness (QED) is 0.818. The zero-order valence-corrected chi connectivity index (χ0v) is 11.6. The molecule has 0 aromatic heterocycles. The molecule has 0 atom stereocenters. The highest BCUT2D eigenvalue weighted by atomic mass is 79.9. The van der Waals surface area contributed by atoms with Gasteiger partial charge in [-0.15, -0.1) is 0 Å². The van der Waals surface area contributed by atoms with Gasteiger partial charge >= 0.3 is 0 Å².